The van der Waals surface area contributed by atoms with Gasteiger partial charge < -0.3 is 9.52 Å². The van der Waals surface area contributed by atoms with Crippen LogP contribution < -0.4 is 0 Å². The fourth-order valence-electron chi connectivity index (χ4n) is 1.40. The molecule has 17 heavy (non-hydrogen) atoms. The van der Waals surface area contributed by atoms with Gasteiger partial charge in [-0.1, -0.05) is 0 Å². The van der Waals surface area contributed by atoms with Crippen LogP contribution in [0, 0.1) is 17.5 Å². The van der Waals surface area contributed by atoms with Crippen LogP contribution in [0.2, 0.25) is 0 Å². The highest BCUT2D eigenvalue weighted by molar-refractivity contribution is 5.89. The monoisotopic (exact) mass is 242 g/mol. The topological polar surface area (TPSA) is 50.4 Å². The maximum Gasteiger partial charge on any atom is 0.338 e. The van der Waals surface area contributed by atoms with E-state index in [4.69, 9.17) is 9.52 Å². The van der Waals surface area contributed by atoms with Gasteiger partial charge in [0.25, 0.3) is 0 Å². The Bertz CT molecular complexity index is 576. The summed E-state index contributed by atoms with van der Waals surface area (Å²) in [7, 11) is 0. The smallest absolute Gasteiger partial charge is 0.338 e. The third kappa shape index (κ3) is 1.77. The summed E-state index contributed by atoms with van der Waals surface area (Å²) in [4.78, 5) is 10.6. The Kier molecular flexibility index (Phi) is 2.63. The maximum atomic E-state index is 13.7. The van der Waals surface area contributed by atoms with E-state index < -0.39 is 34.5 Å². The molecule has 0 atom stereocenters. The Balaban J connectivity index is 2.78. The molecule has 1 N–H and O–H groups in total. The zero-order valence-electron chi connectivity index (χ0n) is 8.21. The quantitative estimate of drug-likeness (QED) is 0.823. The van der Waals surface area contributed by atoms with Crippen molar-refractivity contribution in [1.82, 2.24) is 0 Å². The SMILES string of the molecule is O=C(O)c1cc(F)c(F)c(-c2ccco2)c1F. The maximum absolute atomic E-state index is 13.7. The van der Waals surface area contributed by atoms with Crippen LogP contribution in [0.25, 0.3) is 11.3 Å². The lowest BCUT2D eigenvalue weighted by atomic mass is 10.1. The van der Waals surface area contributed by atoms with Crippen LogP contribution in [0.4, 0.5) is 13.2 Å². The predicted octanol–water partition coefficient (Wildman–Crippen LogP) is 3.06. The average molecular weight is 242 g/mol. The van der Waals surface area contributed by atoms with Crippen LogP contribution in [0.15, 0.2) is 28.9 Å². The number of carboxylic acids is 1. The Labute approximate surface area is 93.1 Å². The number of carboxylic acid groups (broad SMARTS) is 1. The van der Waals surface area contributed by atoms with Gasteiger partial charge in [-0.2, -0.15) is 0 Å². The van der Waals surface area contributed by atoms with Gasteiger partial charge in [-0.25, -0.2) is 18.0 Å². The minimum atomic E-state index is -1.69. The number of hydrogen-bond acceptors (Lipinski definition) is 2. The Morgan fingerprint density at radius 1 is 1.24 bits per heavy atom. The lowest BCUT2D eigenvalue weighted by molar-refractivity contribution is 0.0691. The molecular weight excluding hydrogens is 237 g/mol. The van der Waals surface area contributed by atoms with Crippen LogP contribution in [0.5, 0.6) is 0 Å². The van der Waals surface area contributed by atoms with Crippen molar-refractivity contribution in [3.8, 4) is 11.3 Å². The van der Waals surface area contributed by atoms with Crippen molar-refractivity contribution in [1.29, 1.82) is 0 Å². The van der Waals surface area contributed by atoms with Crippen molar-refractivity contribution in [2.45, 2.75) is 0 Å². The first kappa shape index (κ1) is 11.3. The van der Waals surface area contributed by atoms with Gasteiger partial charge in [-0.05, 0) is 18.2 Å². The van der Waals surface area contributed by atoms with Gasteiger partial charge in [0.15, 0.2) is 17.5 Å². The molecule has 0 aliphatic carbocycles. The third-order valence-corrected chi connectivity index (χ3v) is 2.15. The minimum absolute atomic E-state index is 0.276. The van der Waals surface area contributed by atoms with E-state index in [1.807, 2.05) is 0 Å². The van der Waals surface area contributed by atoms with Gasteiger partial charge in [0.2, 0.25) is 0 Å². The van der Waals surface area contributed by atoms with E-state index in [-0.39, 0.29) is 5.76 Å². The van der Waals surface area contributed by atoms with Crippen molar-refractivity contribution in [2.24, 2.45) is 0 Å². The molecule has 0 aliphatic rings. The summed E-state index contributed by atoms with van der Waals surface area (Å²) in [6.07, 6.45) is 1.14. The average Bonchev–Trinajstić information content (AvgIpc) is 2.76. The molecule has 1 heterocycles. The molecule has 0 fully saturated rings. The molecule has 0 bridgehead atoms. The summed E-state index contributed by atoms with van der Waals surface area (Å²) in [6.45, 7) is 0. The lowest BCUT2D eigenvalue weighted by Gasteiger charge is -2.05. The molecule has 0 spiro atoms. The van der Waals surface area contributed by atoms with Crippen molar-refractivity contribution < 1.29 is 27.5 Å². The molecule has 2 aromatic rings. The van der Waals surface area contributed by atoms with E-state index in [1.165, 1.54) is 12.1 Å². The fourth-order valence-corrected chi connectivity index (χ4v) is 1.40. The molecular formula is C11H5F3O3. The summed E-state index contributed by atoms with van der Waals surface area (Å²) in [5, 5.41) is 8.64. The van der Waals surface area contributed by atoms with Crippen LogP contribution in [0.1, 0.15) is 10.4 Å². The fraction of sp³-hybridized carbons (Fsp3) is 0. The zero-order valence-corrected chi connectivity index (χ0v) is 8.21. The molecule has 3 nitrogen and oxygen atoms in total. The van der Waals surface area contributed by atoms with Crippen molar-refractivity contribution >= 4 is 5.97 Å². The van der Waals surface area contributed by atoms with Gasteiger partial charge in [0.05, 0.1) is 17.4 Å². The highest BCUT2D eigenvalue weighted by Gasteiger charge is 2.24. The summed E-state index contributed by atoms with van der Waals surface area (Å²) in [5.41, 5.74) is -1.78. The van der Waals surface area contributed by atoms with Crippen LogP contribution in [-0.4, -0.2) is 11.1 Å². The van der Waals surface area contributed by atoms with Crippen LogP contribution in [-0.2, 0) is 0 Å². The summed E-state index contributed by atoms with van der Waals surface area (Å²) < 4.78 is 44.9. The van der Waals surface area contributed by atoms with E-state index in [2.05, 4.69) is 0 Å². The second-order valence-electron chi connectivity index (χ2n) is 3.19. The minimum Gasteiger partial charge on any atom is -0.478 e. The Morgan fingerprint density at radius 3 is 2.47 bits per heavy atom. The summed E-state index contributed by atoms with van der Waals surface area (Å²) in [5.74, 6) is -6.26. The van der Waals surface area contributed by atoms with Gasteiger partial charge in [-0.3, -0.25) is 0 Å². The van der Waals surface area contributed by atoms with Gasteiger partial charge in [-0.15, -0.1) is 0 Å². The molecule has 0 saturated heterocycles. The normalized spacial score (nSPS) is 10.5. The third-order valence-electron chi connectivity index (χ3n) is 2.15. The molecule has 0 amide bonds. The van der Waals surface area contributed by atoms with E-state index in [1.54, 1.807) is 0 Å². The highest BCUT2D eigenvalue weighted by Crippen LogP contribution is 2.30. The number of rotatable bonds is 2. The number of furan rings is 1. The van der Waals surface area contributed by atoms with Crippen molar-refractivity contribution in [2.75, 3.05) is 0 Å². The molecule has 88 valence electrons. The Morgan fingerprint density at radius 2 is 1.94 bits per heavy atom. The number of carbonyl (C=O) groups is 1. The Hall–Kier alpha value is -2.24. The van der Waals surface area contributed by atoms with E-state index in [0.29, 0.717) is 6.07 Å². The first-order valence-electron chi connectivity index (χ1n) is 4.47. The van der Waals surface area contributed by atoms with Crippen molar-refractivity contribution in [3.63, 3.8) is 0 Å². The molecule has 2 rings (SSSR count). The van der Waals surface area contributed by atoms with Gasteiger partial charge in [0.1, 0.15) is 5.76 Å². The molecule has 0 radical (unpaired) electrons. The number of halogens is 3. The first-order chi connectivity index (χ1) is 8.02. The van der Waals surface area contributed by atoms with Crippen molar-refractivity contribution in [3.05, 3.63) is 47.5 Å². The van der Waals surface area contributed by atoms with Gasteiger partial charge in [0, 0.05) is 0 Å². The number of benzene rings is 1. The van der Waals surface area contributed by atoms with Crippen LogP contribution >= 0.6 is 0 Å². The predicted molar refractivity (Wildman–Crippen MR) is 51.0 cm³/mol. The summed E-state index contributed by atoms with van der Waals surface area (Å²) in [6, 6.07) is 2.84. The van der Waals surface area contributed by atoms with Gasteiger partial charge >= 0.3 is 5.97 Å². The van der Waals surface area contributed by atoms with E-state index in [0.717, 1.165) is 6.26 Å². The second kappa shape index (κ2) is 3.97. The lowest BCUT2D eigenvalue weighted by Crippen LogP contribution is -2.06. The van der Waals surface area contributed by atoms with Crippen LogP contribution in [0.3, 0.4) is 0 Å². The summed E-state index contributed by atoms with van der Waals surface area (Å²) >= 11 is 0. The van der Waals surface area contributed by atoms with E-state index >= 15 is 0 Å². The largest absolute Gasteiger partial charge is 0.478 e. The highest BCUT2D eigenvalue weighted by atomic mass is 19.2. The molecule has 6 heteroatoms. The standard InChI is InChI=1S/C11H5F3O3/c12-6-4-5(11(15)16)9(13)8(10(6)14)7-2-1-3-17-7/h1-4H,(H,15,16). The molecule has 1 aromatic carbocycles. The first-order valence-corrected chi connectivity index (χ1v) is 4.47. The molecule has 0 saturated carbocycles. The molecule has 0 unspecified atom stereocenters. The van der Waals surface area contributed by atoms with E-state index in [9.17, 15) is 18.0 Å². The molecule has 1 aromatic heterocycles. The number of hydrogen-bond donors (Lipinski definition) is 1. The second-order valence-corrected chi connectivity index (χ2v) is 3.19. The number of aromatic carboxylic acids is 1. The zero-order chi connectivity index (χ0) is 12.6. The molecule has 0 aliphatic heterocycles.